The Balaban J connectivity index is 1.74. The van der Waals surface area contributed by atoms with Crippen LogP contribution in [0.25, 0.3) is 0 Å². The summed E-state index contributed by atoms with van der Waals surface area (Å²) in [5.74, 6) is 0.797. The zero-order valence-electron chi connectivity index (χ0n) is 13.5. The van der Waals surface area contributed by atoms with Gasteiger partial charge in [0, 0.05) is 51.4 Å². The summed E-state index contributed by atoms with van der Waals surface area (Å²) in [4.78, 5) is 4.84. The molecule has 23 heavy (non-hydrogen) atoms. The minimum atomic E-state index is -3.65. The molecule has 3 heterocycles. The maximum Gasteiger partial charge on any atom is 0.244 e. The van der Waals surface area contributed by atoms with Crippen LogP contribution < -0.4 is 14.2 Å². The molecule has 3 saturated heterocycles. The average Bonchev–Trinajstić information content (AvgIpc) is 2.60. The Morgan fingerprint density at radius 1 is 1.17 bits per heavy atom. The number of hydrogen-bond acceptors (Lipinski definition) is 6. The highest BCUT2D eigenvalue weighted by molar-refractivity contribution is 7.89. The van der Waals surface area contributed by atoms with Gasteiger partial charge in [-0.3, -0.25) is 9.80 Å². The first-order valence-electron chi connectivity index (χ1n) is 7.71. The summed E-state index contributed by atoms with van der Waals surface area (Å²) in [6, 6.07) is 4.99. The van der Waals surface area contributed by atoms with Crippen LogP contribution in [0.3, 0.4) is 0 Å². The molecule has 0 saturated carbocycles. The van der Waals surface area contributed by atoms with Crippen molar-refractivity contribution in [2.75, 3.05) is 53.5 Å². The first-order valence-corrected chi connectivity index (χ1v) is 9.20. The first-order chi connectivity index (χ1) is 11.0. The summed E-state index contributed by atoms with van der Waals surface area (Å²) in [5.41, 5.74) is 0. The predicted molar refractivity (Wildman–Crippen MR) is 86.5 cm³/mol. The van der Waals surface area contributed by atoms with Crippen molar-refractivity contribution >= 4 is 10.0 Å². The Bertz CT molecular complexity index is 657. The lowest BCUT2D eigenvalue weighted by molar-refractivity contribution is 0.0158. The molecule has 0 amide bonds. The first kappa shape index (κ1) is 16.5. The van der Waals surface area contributed by atoms with Gasteiger partial charge in [0.25, 0.3) is 0 Å². The van der Waals surface area contributed by atoms with E-state index in [1.807, 2.05) is 0 Å². The Hall–Kier alpha value is -1.35. The molecule has 1 aromatic rings. The van der Waals surface area contributed by atoms with Crippen molar-refractivity contribution in [1.29, 1.82) is 0 Å². The highest BCUT2D eigenvalue weighted by Crippen LogP contribution is 2.28. The summed E-state index contributed by atoms with van der Waals surface area (Å²) in [7, 11) is -0.688. The van der Waals surface area contributed by atoms with E-state index < -0.39 is 10.0 Å². The van der Waals surface area contributed by atoms with Crippen molar-refractivity contribution < 1.29 is 17.9 Å². The number of hydrogen-bond donors (Lipinski definition) is 1. The largest absolute Gasteiger partial charge is 0.497 e. The number of nitrogens with zero attached hydrogens (tertiary/aromatic N) is 2. The highest BCUT2D eigenvalue weighted by Gasteiger charge is 2.33. The third-order valence-corrected chi connectivity index (χ3v) is 6.01. The number of benzene rings is 1. The van der Waals surface area contributed by atoms with E-state index in [-0.39, 0.29) is 10.9 Å². The van der Waals surface area contributed by atoms with Gasteiger partial charge in [-0.05, 0) is 12.1 Å². The number of fused-ring (bicyclic) bond motifs is 3. The number of nitrogens with one attached hydrogen (secondary N) is 1. The van der Waals surface area contributed by atoms with Gasteiger partial charge in [-0.2, -0.15) is 0 Å². The molecule has 2 bridgehead atoms. The maximum atomic E-state index is 12.7. The summed E-state index contributed by atoms with van der Waals surface area (Å²) >= 11 is 0. The van der Waals surface area contributed by atoms with Gasteiger partial charge in [0.2, 0.25) is 10.0 Å². The van der Waals surface area contributed by atoms with E-state index in [4.69, 9.17) is 9.47 Å². The van der Waals surface area contributed by atoms with Crippen LogP contribution in [0, 0.1) is 0 Å². The lowest BCUT2D eigenvalue weighted by Gasteiger charge is -2.47. The molecule has 4 rings (SSSR count). The summed E-state index contributed by atoms with van der Waals surface area (Å²) in [6.45, 7) is 5.49. The van der Waals surface area contributed by atoms with Crippen molar-refractivity contribution in [3.63, 3.8) is 0 Å². The summed E-state index contributed by atoms with van der Waals surface area (Å²) in [6.07, 6.45) is 0. The smallest absolute Gasteiger partial charge is 0.244 e. The quantitative estimate of drug-likeness (QED) is 0.784. The van der Waals surface area contributed by atoms with E-state index in [0.29, 0.717) is 18.0 Å². The van der Waals surface area contributed by atoms with Crippen LogP contribution in [-0.4, -0.2) is 77.7 Å². The highest BCUT2D eigenvalue weighted by atomic mass is 32.2. The molecule has 3 fully saturated rings. The SMILES string of the molecule is COc1ccc(OC)c(S(=O)(=O)NCC2CN3CCN2CC3)c1. The molecular weight excluding hydrogens is 318 g/mol. The van der Waals surface area contributed by atoms with Crippen LogP contribution in [0.4, 0.5) is 0 Å². The van der Waals surface area contributed by atoms with Gasteiger partial charge in [-0.15, -0.1) is 0 Å². The van der Waals surface area contributed by atoms with Gasteiger partial charge in [0.05, 0.1) is 14.2 Å². The number of sulfonamides is 1. The number of piperazine rings is 3. The summed E-state index contributed by atoms with van der Waals surface area (Å²) < 4.78 is 38.3. The van der Waals surface area contributed by atoms with Gasteiger partial charge in [-0.1, -0.05) is 0 Å². The molecular formula is C15H23N3O4S. The molecule has 1 unspecified atom stereocenters. The van der Waals surface area contributed by atoms with Crippen LogP contribution in [0.1, 0.15) is 0 Å². The Labute approximate surface area is 137 Å². The average molecular weight is 341 g/mol. The van der Waals surface area contributed by atoms with E-state index >= 15 is 0 Å². The van der Waals surface area contributed by atoms with Crippen LogP contribution in [0.5, 0.6) is 11.5 Å². The topological polar surface area (TPSA) is 71.1 Å². The summed E-state index contributed by atoms with van der Waals surface area (Å²) in [5, 5.41) is 0. The fourth-order valence-electron chi connectivity index (χ4n) is 3.20. The van der Waals surface area contributed by atoms with Crippen LogP contribution in [0.2, 0.25) is 0 Å². The Morgan fingerprint density at radius 3 is 2.48 bits per heavy atom. The fourth-order valence-corrected chi connectivity index (χ4v) is 4.45. The second kappa shape index (κ2) is 6.64. The maximum absolute atomic E-state index is 12.7. The molecule has 0 spiro atoms. The van der Waals surface area contributed by atoms with E-state index in [1.165, 1.54) is 20.3 Å². The Kier molecular flexibility index (Phi) is 4.77. The van der Waals surface area contributed by atoms with Gasteiger partial charge < -0.3 is 9.47 Å². The molecule has 1 aromatic carbocycles. The number of ether oxygens (including phenoxy) is 2. The van der Waals surface area contributed by atoms with Crippen LogP contribution >= 0.6 is 0 Å². The minimum Gasteiger partial charge on any atom is -0.497 e. The lowest BCUT2D eigenvalue weighted by Crippen LogP contribution is -2.63. The zero-order chi connectivity index (χ0) is 16.4. The molecule has 1 atom stereocenters. The number of methoxy groups -OCH3 is 2. The van der Waals surface area contributed by atoms with Gasteiger partial charge in [0.15, 0.2) is 0 Å². The van der Waals surface area contributed by atoms with Crippen LogP contribution in [-0.2, 0) is 10.0 Å². The van der Waals surface area contributed by atoms with Crippen molar-refractivity contribution in [3.05, 3.63) is 18.2 Å². The molecule has 0 radical (unpaired) electrons. The third-order valence-electron chi connectivity index (χ3n) is 4.56. The van der Waals surface area contributed by atoms with Gasteiger partial charge >= 0.3 is 0 Å². The standard InChI is InChI=1S/C15H23N3O4S/c1-21-13-3-4-14(22-2)15(9-13)23(19,20)16-10-12-11-17-5-7-18(12)8-6-17/h3-4,9,12,16H,5-8,10-11H2,1-2H3. The normalized spacial score (nSPS) is 27.0. The van der Waals surface area contributed by atoms with Crippen molar-refractivity contribution in [1.82, 2.24) is 14.5 Å². The second-order valence-electron chi connectivity index (χ2n) is 5.86. The van der Waals surface area contributed by atoms with Crippen LogP contribution in [0.15, 0.2) is 23.1 Å². The molecule has 128 valence electrons. The van der Waals surface area contributed by atoms with Gasteiger partial charge in [-0.25, -0.2) is 13.1 Å². The van der Waals surface area contributed by atoms with E-state index in [9.17, 15) is 8.42 Å². The predicted octanol–water partition coefficient (Wildman–Crippen LogP) is -0.0181. The van der Waals surface area contributed by atoms with E-state index in [1.54, 1.807) is 12.1 Å². The zero-order valence-corrected chi connectivity index (χ0v) is 14.3. The molecule has 0 aliphatic carbocycles. The lowest BCUT2D eigenvalue weighted by atomic mass is 10.1. The van der Waals surface area contributed by atoms with E-state index in [0.717, 1.165) is 32.7 Å². The van der Waals surface area contributed by atoms with Gasteiger partial charge in [0.1, 0.15) is 16.4 Å². The molecule has 3 aliphatic heterocycles. The molecule has 7 nitrogen and oxygen atoms in total. The molecule has 8 heteroatoms. The van der Waals surface area contributed by atoms with Crippen molar-refractivity contribution in [2.24, 2.45) is 0 Å². The minimum absolute atomic E-state index is 0.107. The monoisotopic (exact) mass is 341 g/mol. The molecule has 0 aromatic heterocycles. The third kappa shape index (κ3) is 3.45. The second-order valence-corrected chi connectivity index (χ2v) is 7.59. The van der Waals surface area contributed by atoms with E-state index in [2.05, 4.69) is 14.5 Å². The molecule has 1 N–H and O–H groups in total. The number of rotatable bonds is 6. The van der Waals surface area contributed by atoms with Crippen molar-refractivity contribution in [3.8, 4) is 11.5 Å². The van der Waals surface area contributed by atoms with Crippen molar-refractivity contribution in [2.45, 2.75) is 10.9 Å². The Morgan fingerprint density at radius 2 is 1.91 bits per heavy atom. The fraction of sp³-hybridized carbons (Fsp3) is 0.600. The molecule has 3 aliphatic rings.